The third kappa shape index (κ3) is 3.47. The molecule has 0 spiro atoms. The van der Waals surface area contributed by atoms with Crippen molar-refractivity contribution in [1.29, 1.82) is 0 Å². The quantitative estimate of drug-likeness (QED) is 0.793. The van der Waals surface area contributed by atoms with Gasteiger partial charge in [0, 0.05) is 10.9 Å². The van der Waals surface area contributed by atoms with E-state index in [0.717, 1.165) is 19.3 Å². The summed E-state index contributed by atoms with van der Waals surface area (Å²) in [5.74, 6) is -0.590. The van der Waals surface area contributed by atoms with E-state index < -0.39 is 18.0 Å². The van der Waals surface area contributed by atoms with Crippen molar-refractivity contribution in [3.63, 3.8) is 0 Å². The zero-order chi connectivity index (χ0) is 13.8. The molecule has 0 aliphatic heterocycles. The van der Waals surface area contributed by atoms with Crippen LogP contribution in [0.3, 0.4) is 0 Å². The largest absolute Gasteiger partial charge is 0.479 e. The Labute approximate surface area is 116 Å². The molecule has 0 radical (unpaired) electrons. The minimum atomic E-state index is -1.04. The molecule has 2 amide bonds. The SMILES string of the molecule is CC1CCCC1NC(=O)NC(C(=O)O)c1cccs1. The number of amides is 2. The standard InChI is InChI=1S/C13H18N2O3S/c1-8-4-2-5-9(8)14-13(18)15-11(12(16)17)10-6-3-7-19-10/h3,6-9,11H,2,4-5H2,1H3,(H,16,17)(H2,14,15,18). The molecule has 3 atom stereocenters. The highest BCUT2D eigenvalue weighted by molar-refractivity contribution is 7.10. The molecule has 19 heavy (non-hydrogen) atoms. The Kier molecular flexibility index (Phi) is 4.42. The molecule has 1 fully saturated rings. The Morgan fingerprint density at radius 3 is 2.79 bits per heavy atom. The van der Waals surface area contributed by atoms with Crippen molar-refractivity contribution in [2.75, 3.05) is 0 Å². The van der Waals surface area contributed by atoms with Crippen LogP contribution in [0.15, 0.2) is 17.5 Å². The molecule has 2 rings (SSSR count). The highest BCUT2D eigenvalue weighted by atomic mass is 32.1. The second kappa shape index (κ2) is 6.06. The molecular formula is C13H18N2O3S. The first-order chi connectivity index (χ1) is 9.08. The number of thiophene rings is 1. The molecule has 3 unspecified atom stereocenters. The van der Waals surface area contributed by atoms with Gasteiger partial charge in [0.25, 0.3) is 0 Å². The summed E-state index contributed by atoms with van der Waals surface area (Å²) in [7, 11) is 0. The van der Waals surface area contributed by atoms with Gasteiger partial charge in [-0.25, -0.2) is 9.59 Å². The highest BCUT2D eigenvalue weighted by Crippen LogP contribution is 2.25. The normalized spacial score (nSPS) is 23.8. The second-order valence-electron chi connectivity index (χ2n) is 4.92. The topological polar surface area (TPSA) is 78.4 Å². The maximum absolute atomic E-state index is 11.9. The molecule has 1 aliphatic carbocycles. The van der Waals surface area contributed by atoms with Gasteiger partial charge in [-0.2, -0.15) is 0 Å². The van der Waals surface area contributed by atoms with Crippen LogP contribution >= 0.6 is 11.3 Å². The van der Waals surface area contributed by atoms with E-state index >= 15 is 0 Å². The molecule has 0 saturated heterocycles. The van der Waals surface area contributed by atoms with Gasteiger partial charge in [0.2, 0.25) is 0 Å². The van der Waals surface area contributed by atoms with Crippen LogP contribution in [0, 0.1) is 5.92 Å². The van der Waals surface area contributed by atoms with Crippen molar-refractivity contribution in [2.45, 2.75) is 38.3 Å². The fourth-order valence-electron chi connectivity index (χ4n) is 2.41. The average Bonchev–Trinajstić information content (AvgIpc) is 2.98. The van der Waals surface area contributed by atoms with Gasteiger partial charge in [0.15, 0.2) is 6.04 Å². The van der Waals surface area contributed by atoms with Crippen molar-refractivity contribution < 1.29 is 14.7 Å². The number of hydrogen-bond acceptors (Lipinski definition) is 3. The fraction of sp³-hybridized carbons (Fsp3) is 0.538. The van der Waals surface area contributed by atoms with Gasteiger partial charge >= 0.3 is 12.0 Å². The van der Waals surface area contributed by atoms with Crippen molar-refractivity contribution in [3.05, 3.63) is 22.4 Å². The van der Waals surface area contributed by atoms with Crippen LogP contribution in [0.25, 0.3) is 0 Å². The molecule has 0 bridgehead atoms. The predicted molar refractivity (Wildman–Crippen MR) is 73.2 cm³/mol. The molecular weight excluding hydrogens is 264 g/mol. The second-order valence-corrected chi connectivity index (χ2v) is 5.90. The number of carbonyl (C=O) groups is 2. The minimum Gasteiger partial charge on any atom is -0.479 e. The zero-order valence-corrected chi connectivity index (χ0v) is 11.6. The van der Waals surface area contributed by atoms with Crippen molar-refractivity contribution in [2.24, 2.45) is 5.92 Å². The first-order valence-corrected chi connectivity index (χ1v) is 7.29. The van der Waals surface area contributed by atoms with E-state index in [1.807, 2.05) is 0 Å². The summed E-state index contributed by atoms with van der Waals surface area (Å²) < 4.78 is 0. The van der Waals surface area contributed by atoms with Crippen LogP contribution in [0.1, 0.15) is 37.1 Å². The molecule has 1 aromatic heterocycles. The number of hydrogen-bond donors (Lipinski definition) is 3. The highest BCUT2D eigenvalue weighted by Gasteiger charge is 2.27. The monoisotopic (exact) mass is 282 g/mol. The summed E-state index contributed by atoms with van der Waals surface area (Å²) in [5.41, 5.74) is 0. The van der Waals surface area contributed by atoms with Crippen molar-refractivity contribution >= 4 is 23.3 Å². The number of carbonyl (C=O) groups excluding carboxylic acids is 1. The molecule has 3 N–H and O–H groups in total. The molecule has 5 nitrogen and oxygen atoms in total. The number of nitrogens with one attached hydrogen (secondary N) is 2. The molecule has 6 heteroatoms. The summed E-state index contributed by atoms with van der Waals surface area (Å²) in [6.45, 7) is 2.10. The number of rotatable bonds is 4. The molecule has 1 aromatic rings. The van der Waals surface area contributed by atoms with Gasteiger partial charge < -0.3 is 15.7 Å². The summed E-state index contributed by atoms with van der Waals surface area (Å²) in [6, 6.07) is 2.25. The maximum atomic E-state index is 11.9. The van der Waals surface area contributed by atoms with Crippen LogP contribution in [-0.2, 0) is 4.79 Å². The Bertz CT molecular complexity index is 447. The molecule has 1 heterocycles. The van der Waals surface area contributed by atoms with E-state index in [-0.39, 0.29) is 6.04 Å². The van der Waals surface area contributed by atoms with E-state index in [0.29, 0.717) is 10.8 Å². The summed E-state index contributed by atoms with van der Waals surface area (Å²) >= 11 is 1.32. The first-order valence-electron chi connectivity index (χ1n) is 6.41. The van der Waals surface area contributed by atoms with Gasteiger partial charge in [0.1, 0.15) is 0 Å². The molecule has 104 valence electrons. The minimum absolute atomic E-state index is 0.151. The number of aliphatic carboxylic acids is 1. The number of urea groups is 1. The molecule has 1 aliphatic rings. The lowest BCUT2D eigenvalue weighted by Crippen LogP contribution is -2.45. The average molecular weight is 282 g/mol. The third-order valence-electron chi connectivity index (χ3n) is 3.53. The van der Waals surface area contributed by atoms with Crippen LogP contribution < -0.4 is 10.6 Å². The summed E-state index contributed by atoms with van der Waals surface area (Å²) in [5, 5.41) is 16.4. The van der Waals surface area contributed by atoms with E-state index in [4.69, 9.17) is 0 Å². The van der Waals surface area contributed by atoms with Gasteiger partial charge in [0.05, 0.1) is 0 Å². The number of carboxylic acids is 1. The summed E-state index contributed by atoms with van der Waals surface area (Å²) in [6.07, 6.45) is 3.18. The third-order valence-corrected chi connectivity index (χ3v) is 4.47. The van der Waals surface area contributed by atoms with Gasteiger partial charge in [-0.3, -0.25) is 0 Å². The lowest BCUT2D eigenvalue weighted by Gasteiger charge is -2.20. The van der Waals surface area contributed by atoms with Crippen molar-refractivity contribution in [1.82, 2.24) is 10.6 Å². The van der Waals surface area contributed by atoms with Crippen molar-refractivity contribution in [3.8, 4) is 0 Å². The van der Waals surface area contributed by atoms with E-state index in [1.165, 1.54) is 11.3 Å². The lowest BCUT2D eigenvalue weighted by molar-refractivity contribution is -0.139. The zero-order valence-electron chi connectivity index (χ0n) is 10.8. The Morgan fingerprint density at radius 2 is 2.26 bits per heavy atom. The van der Waals surface area contributed by atoms with Gasteiger partial charge in [-0.15, -0.1) is 11.3 Å². The Balaban J connectivity index is 1.94. The van der Waals surface area contributed by atoms with Crippen LogP contribution in [-0.4, -0.2) is 23.1 Å². The first kappa shape index (κ1) is 13.9. The maximum Gasteiger partial charge on any atom is 0.331 e. The Morgan fingerprint density at radius 1 is 1.47 bits per heavy atom. The summed E-state index contributed by atoms with van der Waals surface area (Å²) in [4.78, 5) is 23.7. The van der Waals surface area contributed by atoms with Crippen LogP contribution in [0.4, 0.5) is 4.79 Å². The van der Waals surface area contributed by atoms with Gasteiger partial charge in [-0.1, -0.05) is 19.4 Å². The van der Waals surface area contributed by atoms with Crippen LogP contribution in [0.5, 0.6) is 0 Å². The number of carboxylic acid groups (broad SMARTS) is 1. The fourth-order valence-corrected chi connectivity index (χ4v) is 3.18. The smallest absolute Gasteiger partial charge is 0.331 e. The van der Waals surface area contributed by atoms with Gasteiger partial charge in [-0.05, 0) is 30.2 Å². The lowest BCUT2D eigenvalue weighted by atomic mass is 10.1. The van der Waals surface area contributed by atoms with E-state index in [9.17, 15) is 14.7 Å². The van der Waals surface area contributed by atoms with Crippen LogP contribution in [0.2, 0.25) is 0 Å². The van der Waals surface area contributed by atoms with E-state index in [1.54, 1.807) is 17.5 Å². The molecule has 1 saturated carbocycles. The van der Waals surface area contributed by atoms with E-state index in [2.05, 4.69) is 17.6 Å². The predicted octanol–water partition coefficient (Wildman–Crippen LogP) is 2.36. The molecule has 0 aromatic carbocycles. The Hall–Kier alpha value is -1.56.